The smallest absolute Gasteiger partial charge is 0.222 e. The number of unbranched alkanes of at least 4 members (excludes halogenated alkanes) is 1. The maximum Gasteiger partial charge on any atom is 0.222 e. The van der Waals surface area contributed by atoms with E-state index in [1.165, 1.54) is 12.5 Å². The zero-order valence-corrected chi connectivity index (χ0v) is 15.4. The number of aryl methyl sites for hydroxylation is 2. The Kier molecular flexibility index (Phi) is 8.90. The largest absolute Gasteiger partial charge is 0.493 e. The van der Waals surface area contributed by atoms with Gasteiger partial charge in [0, 0.05) is 33.5 Å². The molecule has 0 atom stereocenters. The number of hydrogen-bond donors (Lipinski definition) is 1. The fourth-order valence-electron chi connectivity index (χ4n) is 2.32. The van der Waals surface area contributed by atoms with Gasteiger partial charge in [-0.05, 0) is 50.3 Å². The highest BCUT2D eigenvalue weighted by Gasteiger charge is 2.08. The normalized spacial score (nSPS) is 10.3. The van der Waals surface area contributed by atoms with Crippen LogP contribution in [-0.4, -0.2) is 43.5 Å². The quantitative estimate of drug-likeness (QED) is 0.669. The van der Waals surface area contributed by atoms with Crippen molar-refractivity contribution in [1.82, 2.24) is 10.2 Å². The molecule has 1 N–H and O–H groups in total. The Morgan fingerprint density at radius 1 is 1.17 bits per heavy atom. The van der Waals surface area contributed by atoms with Crippen molar-refractivity contribution in [3.63, 3.8) is 0 Å². The van der Waals surface area contributed by atoms with E-state index in [4.69, 9.17) is 4.74 Å². The van der Waals surface area contributed by atoms with Crippen molar-refractivity contribution >= 4 is 11.8 Å². The van der Waals surface area contributed by atoms with Gasteiger partial charge in [-0.1, -0.05) is 12.1 Å². The molecule has 0 aliphatic heterocycles. The van der Waals surface area contributed by atoms with Crippen molar-refractivity contribution in [2.45, 2.75) is 46.5 Å². The summed E-state index contributed by atoms with van der Waals surface area (Å²) in [4.78, 5) is 24.5. The predicted octanol–water partition coefficient (Wildman–Crippen LogP) is 2.84. The average Bonchev–Trinajstić information content (AvgIpc) is 2.53. The van der Waals surface area contributed by atoms with Gasteiger partial charge in [-0.3, -0.25) is 9.59 Å². The van der Waals surface area contributed by atoms with Crippen LogP contribution in [0.25, 0.3) is 0 Å². The Bertz CT molecular complexity index is 543. The van der Waals surface area contributed by atoms with E-state index < -0.39 is 0 Å². The first-order chi connectivity index (χ1) is 11.4. The molecule has 0 spiro atoms. The van der Waals surface area contributed by atoms with Crippen LogP contribution in [0.5, 0.6) is 5.75 Å². The van der Waals surface area contributed by atoms with Crippen molar-refractivity contribution in [2.75, 3.05) is 26.7 Å². The lowest BCUT2D eigenvalue weighted by Gasteiger charge is -2.17. The highest BCUT2D eigenvalue weighted by atomic mass is 16.5. The molecule has 0 aromatic heterocycles. The molecule has 0 aliphatic rings. The van der Waals surface area contributed by atoms with E-state index in [1.807, 2.05) is 27.0 Å². The van der Waals surface area contributed by atoms with Crippen molar-refractivity contribution in [2.24, 2.45) is 0 Å². The SMILES string of the molecule is CC(=O)NCCCN(C)C(=O)CCCCOc1cc(C)ccc1C. The highest BCUT2D eigenvalue weighted by molar-refractivity contribution is 5.75. The minimum atomic E-state index is -0.0344. The minimum Gasteiger partial charge on any atom is -0.493 e. The van der Waals surface area contributed by atoms with E-state index in [1.54, 1.807) is 4.90 Å². The summed E-state index contributed by atoms with van der Waals surface area (Å²) in [5.41, 5.74) is 2.32. The summed E-state index contributed by atoms with van der Waals surface area (Å²) in [6.45, 7) is 7.48. The first-order valence-corrected chi connectivity index (χ1v) is 8.58. The van der Waals surface area contributed by atoms with Crippen LogP contribution in [0, 0.1) is 13.8 Å². The second-order valence-electron chi connectivity index (χ2n) is 6.23. The van der Waals surface area contributed by atoms with E-state index in [2.05, 4.69) is 17.4 Å². The maximum atomic E-state index is 12.0. The molecule has 1 aromatic carbocycles. The Morgan fingerprint density at radius 3 is 2.62 bits per heavy atom. The summed E-state index contributed by atoms with van der Waals surface area (Å²) < 4.78 is 5.80. The van der Waals surface area contributed by atoms with Gasteiger partial charge in [-0.2, -0.15) is 0 Å². The molecular weight excluding hydrogens is 304 g/mol. The number of nitrogens with one attached hydrogen (secondary N) is 1. The number of carbonyl (C=O) groups is 2. The highest BCUT2D eigenvalue weighted by Crippen LogP contribution is 2.19. The van der Waals surface area contributed by atoms with Crippen molar-refractivity contribution in [3.05, 3.63) is 29.3 Å². The fraction of sp³-hybridized carbons (Fsp3) is 0.579. The summed E-state index contributed by atoms with van der Waals surface area (Å²) in [5, 5.41) is 2.73. The molecule has 134 valence electrons. The first-order valence-electron chi connectivity index (χ1n) is 8.58. The molecule has 24 heavy (non-hydrogen) atoms. The van der Waals surface area contributed by atoms with E-state index in [0.29, 0.717) is 26.1 Å². The third-order valence-corrected chi connectivity index (χ3v) is 3.86. The number of amides is 2. The molecule has 0 heterocycles. The molecule has 1 rings (SSSR count). The zero-order chi connectivity index (χ0) is 17.9. The van der Waals surface area contributed by atoms with Crippen LogP contribution in [0.2, 0.25) is 0 Å². The Balaban J connectivity index is 2.14. The van der Waals surface area contributed by atoms with Crippen LogP contribution >= 0.6 is 0 Å². The molecular formula is C19H30N2O3. The van der Waals surface area contributed by atoms with Crippen molar-refractivity contribution in [1.29, 1.82) is 0 Å². The van der Waals surface area contributed by atoms with Gasteiger partial charge in [0.1, 0.15) is 5.75 Å². The maximum absolute atomic E-state index is 12.0. The second kappa shape index (κ2) is 10.7. The first kappa shape index (κ1) is 20.0. The zero-order valence-electron chi connectivity index (χ0n) is 15.4. The molecule has 0 saturated heterocycles. The fourth-order valence-corrected chi connectivity index (χ4v) is 2.32. The van der Waals surface area contributed by atoms with E-state index >= 15 is 0 Å². The van der Waals surface area contributed by atoms with Gasteiger partial charge in [0.05, 0.1) is 6.61 Å². The van der Waals surface area contributed by atoms with Gasteiger partial charge in [-0.25, -0.2) is 0 Å². The van der Waals surface area contributed by atoms with Crippen LogP contribution in [0.1, 0.15) is 43.7 Å². The molecule has 5 nitrogen and oxygen atoms in total. The summed E-state index contributed by atoms with van der Waals surface area (Å²) >= 11 is 0. The van der Waals surface area contributed by atoms with Gasteiger partial charge in [0.2, 0.25) is 11.8 Å². The molecule has 0 unspecified atom stereocenters. The van der Waals surface area contributed by atoms with E-state index in [-0.39, 0.29) is 11.8 Å². The minimum absolute atomic E-state index is 0.0344. The van der Waals surface area contributed by atoms with Crippen molar-refractivity contribution < 1.29 is 14.3 Å². The van der Waals surface area contributed by atoms with Crippen molar-refractivity contribution in [3.8, 4) is 5.75 Å². The van der Waals surface area contributed by atoms with Gasteiger partial charge in [0.25, 0.3) is 0 Å². The standard InChI is InChI=1S/C19H30N2O3/c1-15-9-10-16(2)18(14-15)24-13-6-5-8-19(23)21(4)12-7-11-20-17(3)22/h9-10,14H,5-8,11-13H2,1-4H3,(H,20,22). The molecule has 0 radical (unpaired) electrons. The topological polar surface area (TPSA) is 58.6 Å². The van der Waals surface area contributed by atoms with Gasteiger partial charge >= 0.3 is 0 Å². The lowest BCUT2D eigenvalue weighted by atomic mass is 10.1. The van der Waals surface area contributed by atoms with Gasteiger partial charge in [-0.15, -0.1) is 0 Å². The van der Waals surface area contributed by atoms with Crippen LogP contribution < -0.4 is 10.1 Å². The molecule has 1 aromatic rings. The molecule has 0 saturated carbocycles. The number of hydrogen-bond acceptors (Lipinski definition) is 3. The van der Waals surface area contributed by atoms with Crippen LogP contribution in [0.3, 0.4) is 0 Å². The molecule has 5 heteroatoms. The summed E-state index contributed by atoms with van der Waals surface area (Å²) in [7, 11) is 1.81. The number of rotatable bonds is 10. The number of ether oxygens (including phenoxy) is 1. The summed E-state index contributed by atoms with van der Waals surface area (Å²) in [6.07, 6.45) is 2.99. The van der Waals surface area contributed by atoms with Crippen LogP contribution in [0.15, 0.2) is 18.2 Å². The molecule has 0 bridgehead atoms. The molecule has 2 amide bonds. The predicted molar refractivity (Wildman–Crippen MR) is 96.2 cm³/mol. The number of nitrogens with zero attached hydrogens (tertiary/aromatic N) is 1. The second-order valence-corrected chi connectivity index (χ2v) is 6.23. The van der Waals surface area contributed by atoms with Crippen LogP contribution in [-0.2, 0) is 9.59 Å². The number of benzene rings is 1. The summed E-state index contributed by atoms with van der Waals surface area (Å²) in [5.74, 6) is 1.04. The number of carbonyl (C=O) groups excluding carboxylic acids is 2. The van der Waals surface area contributed by atoms with E-state index in [9.17, 15) is 9.59 Å². The van der Waals surface area contributed by atoms with Gasteiger partial charge < -0.3 is 15.0 Å². The monoisotopic (exact) mass is 334 g/mol. The van der Waals surface area contributed by atoms with Gasteiger partial charge in [0.15, 0.2) is 0 Å². The van der Waals surface area contributed by atoms with E-state index in [0.717, 1.165) is 30.6 Å². The summed E-state index contributed by atoms with van der Waals surface area (Å²) in [6, 6.07) is 6.18. The molecule has 0 aliphatic carbocycles. The average molecular weight is 334 g/mol. The Hall–Kier alpha value is -2.04. The van der Waals surface area contributed by atoms with Crippen LogP contribution in [0.4, 0.5) is 0 Å². The third-order valence-electron chi connectivity index (χ3n) is 3.86. The third kappa shape index (κ3) is 7.99. The Morgan fingerprint density at radius 2 is 1.92 bits per heavy atom. The Labute approximate surface area is 145 Å². The molecule has 0 fully saturated rings. The lowest BCUT2D eigenvalue weighted by Crippen LogP contribution is -2.30. The lowest BCUT2D eigenvalue weighted by molar-refractivity contribution is -0.130.